The highest BCUT2D eigenvalue weighted by atomic mass is 35.5. The maximum absolute atomic E-state index is 16.5. The number of ether oxygens (including phenoxy) is 2. The molecule has 4 aliphatic rings. The van der Waals surface area contributed by atoms with Gasteiger partial charge in [0.05, 0.1) is 12.0 Å². The molecule has 0 aliphatic heterocycles. The first-order valence-corrected chi connectivity index (χ1v) is 14.2. The van der Waals surface area contributed by atoms with Crippen molar-refractivity contribution in [2.45, 2.75) is 116 Å². The number of halogens is 2. The summed E-state index contributed by atoms with van der Waals surface area (Å²) in [7, 11) is 0. The van der Waals surface area contributed by atoms with Crippen molar-refractivity contribution in [2.24, 2.45) is 34.5 Å². The number of aliphatic hydroxyl groups excluding tert-OH is 1. The Kier molecular flexibility index (Phi) is 7.35. The van der Waals surface area contributed by atoms with Crippen LogP contribution in [0.1, 0.15) is 92.4 Å². The van der Waals surface area contributed by atoms with Crippen molar-refractivity contribution < 1.29 is 33.4 Å². The SMILES string of the molecule is CCC(=O)O[C@]12C[C@@H](O)CC[C@]1(C)[C@H]1CC[C@@]3(C)[C@@H](C[C@H](C)[C@@]3(OC(=O)CC)C(=O)CCl)[C@@H]1C[C@H]2F. The van der Waals surface area contributed by atoms with Crippen LogP contribution in [0.25, 0.3) is 0 Å². The van der Waals surface area contributed by atoms with Crippen LogP contribution in [-0.2, 0) is 23.9 Å². The lowest BCUT2D eigenvalue weighted by molar-refractivity contribution is -0.265. The molecule has 0 heterocycles. The van der Waals surface area contributed by atoms with E-state index in [0.717, 1.165) is 0 Å². The maximum atomic E-state index is 16.5. The first kappa shape index (κ1) is 27.8. The average Bonchev–Trinajstić information content (AvgIpc) is 3.07. The van der Waals surface area contributed by atoms with E-state index < -0.39 is 46.2 Å². The second kappa shape index (κ2) is 9.52. The van der Waals surface area contributed by atoms with Crippen LogP contribution in [0.15, 0.2) is 0 Å². The van der Waals surface area contributed by atoms with Gasteiger partial charge in [0, 0.05) is 36.0 Å². The van der Waals surface area contributed by atoms with Crippen molar-refractivity contribution in [2.75, 3.05) is 5.88 Å². The maximum Gasteiger partial charge on any atom is 0.306 e. The van der Waals surface area contributed by atoms with Crippen LogP contribution in [0.4, 0.5) is 4.39 Å². The third-order valence-electron chi connectivity index (χ3n) is 11.0. The van der Waals surface area contributed by atoms with E-state index >= 15 is 4.39 Å². The molecular formula is C28H42ClFO6. The van der Waals surface area contributed by atoms with Crippen LogP contribution in [0.5, 0.6) is 0 Å². The summed E-state index contributed by atoms with van der Waals surface area (Å²) in [4.78, 5) is 38.5. The van der Waals surface area contributed by atoms with Gasteiger partial charge in [0.15, 0.2) is 17.0 Å². The predicted molar refractivity (Wildman–Crippen MR) is 133 cm³/mol. The third kappa shape index (κ3) is 3.61. The summed E-state index contributed by atoms with van der Waals surface area (Å²) < 4.78 is 28.5. The molecule has 204 valence electrons. The predicted octanol–water partition coefficient (Wildman–Crippen LogP) is 5.16. The molecule has 4 rings (SSSR count). The fourth-order valence-corrected chi connectivity index (χ4v) is 9.42. The number of rotatable bonds is 6. The number of hydrogen-bond donors (Lipinski definition) is 1. The van der Waals surface area contributed by atoms with Gasteiger partial charge in [-0.25, -0.2) is 4.39 Å². The lowest BCUT2D eigenvalue weighted by atomic mass is 9.42. The molecule has 6 nitrogen and oxygen atoms in total. The number of fused-ring (bicyclic) bond motifs is 5. The Bertz CT molecular complexity index is 912. The molecule has 0 aromatic rings. The summed E-state index contributed by atoms with van der Waals surface area (Å²) >= 11 is 6.10. The molecule has 1 N–H and O–H groups in total. The van der Waals surface area contributed by atoms with Gasteiger partial charge in [-0.2, -0.15) is 0 Å². The second-order valence-electron chi connectivity index (χ2n) is 12.3. The summed E-state index contributed by atoms with van der Waals surface area (Å²) in [5.41, 5.74) is -3.97. The highest BCUT2D eigenvalue weighted by Gasteiger charge is 2.75. The largest absolute Gasteiger partial charge is 0.455 e. The molecular weight excluding hydrogens is 487 g/mol. The van der Waals surface area contributed by atoms with Gasteiger partial charge in [-0.05, 0) is 56.3 Å². The summed E-state index contributed by atoms with van der Waals surface area (Å²) in [6, 6.07) is 0. The van der Waals surface area contributed by atoms with Crippen LogP contribution >= 0.6 is 11.6 Å². The van der Waals surface area contributed by atoms with E-state index in [1.807, 2.05) is 20.8 Å². The topological polar surface area (TPSA) is 89.9 Å². The molecule has 4 aliphatic carbocycles. The van der Waals surface area contributed by atoms with Gasteiger partial charge >= 0.3 is 11.9 Å². The van der Waals surface area contributed by atoms with Crippen LogP contribution in [0.3, 0.4) is 0 Å². The van der Waals surface area contributed by atoms with Crippen LogP contribution < -0.4 is 0 Å². The number of ketones is 1. The fraction of sp³-hybridized carbons (Fsp3) is 0.893. The third-order valence-corrected chi connectivity index (χ3v) is 11.2. The fourth-order valence-electron chi connectivity index (χ4n) is 9.23. The minimum absolute atomic E-state index is 0.0372. The zero-order valence-corrected chi connectivity index (χ0v) is 23.0. The Hall–Kier alpha value is -1.21. The van der Waals surface area contributed by atoms with E-state index in [4.69, 9.17) is 21.1 Å². The molecule has 0 spiro atoms. The van der Waals surface area contributed by atoms with E-state index in [-0.39, 0.29) is 61.0 Å². The van der Waals surface area contributed by atoms with E-state index in [9.17, 15) is 19.5 Å². The van der Waals surface area contributed by atoms with Crippen LogP contribution in [0, 0.1) is 34.5 Å². The standard InChI is InChI=1S/C28H42ClFO6/c1-6-23(33)35-27-14-17(31)8-10-25(27,4)19-9-11-26(5)20(18(19)13-21(27)30)12-16(3)28(26,22(32)15-29)36-24(34)7-2/h16-21,31H,6-15H2,1-5H3/t16-,17-,18+,19-,20-,21+,25+,26-,27-,28+/m0/s1. The number of esters is 2. The first-order valence-electron chi connectivity index (χ1n) is 13.7. The van der Waals surface area contributed by atoms with Crippen molar-refractivity contribution in [3.8, 4) is 0 Å². The van der Waals surface area contributed by atoms with E-state index in [0.29, 0.717) is 32.1 Å². The molecule has 36 heavy (non-hydrogen) atoms. The number of Topliss-reactive ketones (excluding diaryl/α,β-unsaturated/α-hetero) is 1. The number of hydrogen-bond acceptors (Lipinski definition) is 6. The zero-order chi connectivity index (χ0) is 26.7. The highest BCUT2D eigenvalue weighted by Crippen LogP contribution is 2.71. The lowest BCUT2D eigenvalue weighted by Gasteiger charge is -2.65. The van der Waals surface area contributed by atoms with Gasteiger partial charge in [-0.3, -0.25) is 14.4 Å². The van der Waals surface area contributed by atoms with Crippen molar-refractivity contribution in [3.63, 3.8) is 0 Å². The Labute approximate surface area is 219 Å². The van der Waals surface area contributed by atoms with Gasteiger partial charge in [-0.15, -0.1) is 11.6 Å². The molecule has 0 bridgehead atoms. The molecule has 0 aromatic carbocycles. The highest BCUT2D eigenvalue weighted by molar-refractivity contribution is 6.29. The van der Waals surface area contributed by atoms with Gasteiger partial charge in [-0.1, -0.05) is 34.6 Å². The Morgan fingerprint density at radius 2 is 1.58 bits per heavy atom. The molecule has 4 fully saturated rings. The van der Waals surface area contributed by atoms with Crippen LogP contribution in [0.2, 0.25) is 0 Å². The van der Waals surface area contributed by atoms with Gasteiger partial charge in [0.25, 0.3) is 0 Å². The molecule has 8 heteroatoms. The molecule has 0 unspecified atom stereocenters. The molecule has 4 saturated carbocycles. The quantitative estimate of drug-likeness (QED) is 0.378. The average molecular weight is 529 g/mol. The Morgan fingerprint density at radius 1 is 0.972 bits per heavy atom. The molecule has 10 atom stereocenters. The number of alkyl halides is 2. The number of aliphatic hydroxyl groups is 1. The summed E-state index contributed by atoms with van der Waals surface area (Å²) in [6.07, 6.45) is 1.58. The van der Waals surface area contributed by atoms with Gasteiger partial charge in [0.1, 0.15) is 6.17 Å². The lowest BCUT2D eigenvalue weighted by Crippen LogP contribution is -2.70. The Balaban J connectivity index is 1.77. The molecule has 0 aromatic heterocycles. The second-order valence-corrected chi connectivity index (χ2v) is 12.6. The van der Waals surface area contributed by atoms with Crippen molar-refractivity contribution in [1.82, 2.24) is 0 Å². The molecule has 0 amide bonds. The normalized spacial score (nSPS) is 47.8. The zero-order valence-electron chi connectivity index (χ0n) is 22.3. The molecule has 0 saturated heterocycles. The van der Waals surface area contributed by atoms with Gasteiger partial charge in [0.2, 0.25) is 0 Å². The summed E-state index contributed by atoms with van der Waals surface area (Å²) in [5, 5.41) is 10.6. The minimum Gasteiger partial charge on any atom is -0.455 e. The Morgan fingerprint density at radius 3 is 2.19 bits per heavy atom. The van der Waals surface area contributed by atoms with E-state index in [1.54, 1.807) is 13.8 Å². The van der Waals surface area contributed by atoms with Crippen molar-refractivity contribution in [1.29, 1.82) is 0 Å². The molecule has 0 radical (unpaired) electrons. The van der Waals surface area contributed by atoms with E-state index in [2.05, 4.69) is 0 Å². The summed E-state index contributed by atoms with van der Waals surface area (Å²) in [5.74, 6) is -1.64. The van der Waals surface area contributed by atoms with Crippen LogP contribution in [-0.4, -0.2) is 52.2 Å². The number of carbonyl (C=O) groups excluding carboxylic acids is 3. The first-order chi connectivity index (χ1) is 16.9. The summed E-state index contributed by atoms with van der Waals surface area (Å²) in [6.45, 7) is 9.44. The van der Waals surface area contributed by atoms with Gasteiger partial charge < -0.3 is 14.6 Å². The van der Waals surface area contributed by atoms with Crippen molar-refractivity contribution >= 4 is 29.3 Å². The van der Waals surface area contributed by atoms with E-state index in [1.165, 1.54) is 0 Å². The minimum atomic E-state index is -1.43. The smallest absolute Gasteiger partial charge is 0.306 e. The number of carbonyl (C=O) groups is 3. The van der Waals surface area contributed by atoms with Crippen molar-refractivity contribution in [3.05, 3.63) is 0 Å². The monoisotopic (exact) mass is 528 g/mol.